The molecule has 0 saturated heterocycles. The van der Waals surface area contributed by atoms with Gasteiger partial charge in [0.2, 0.25) is 5.91 Å². The van der Waals surface area contributed by atoms with Crippen LogP contribution in [0.25, 0.3) is 0 Å². The number of halogens is 4. The molecule has 2 nitrogen and oxygen atoms in total. The van der Waals surface area contributed by atoms with E-state index in [4.69, 9.17) is 11.6 Å². The van der Waals surface area contributed by atoms with Crippen LogP contribution in [0.5, 0.6) is 0 Å². The third kappa shape index (κ3) is 5.21. The summed E-state index contributed by atoms with van der Waals surface area (Å²) in [7, 11) is 0. The molecule has 6 heteroatoms. The Kier molecular flexibility index (Phi) is 5.96. The molecule has 1 N–H and O–H groups in total. The highest BCUT2D eigenvalue weighted by atomic mass is 35.5. The third-order valence-corrected chi connectivity index (χ3v) is 3.77. The highest BCUT2D eigenvalue weighted by Gasteiger charge is 2.48. The fourth-order valence-electron chi connectivity index (χ4n) is 2.73. The highest BCUT2D eigenvalue weighted by molar-refractivity contribution is 6.20. The third-order valence-electron chi connectivity index (χ3n) is 3.59. The van der Waals surface area contributed by atoms with E-state index in [9.17, 15) is 18.0 Å². The maximum Gasteiger partial charge on any atom is 0.392 e. The van der Waals surface area contributed by atoms with Crippen LogP contribution in [0.4, 0.5) is 13.2 Å². The van der Waals surface area contributed by atoms with Crippen molar-refractivity contribution in [1.82, 2.24) is 5.32 Å². The molecule has 0 radical (unpaired) electrons. The van der Waals surface area contributed by atoms with E-state index in [2.05, 4.69) is 5.32 Å². The first-order valence-corrected chi connectivity index (χ1v) is 7.16. The predicted molar refractivity (Wildman–Crippen MR) is 69.0 cm³/mol. The molecule has 1 aliphatic rings. The highest BCUT2D eigenvalue weighted by Crippen LogP contribution is 2.41. The first-order chi connectivity index (χ1) is 8.71. The summed E-state index contributed by atoms with van der Waals surface area (Å²) in [6.07, 6.45) is -2.13. The van der Waals surface area contributed by atoms with Gasteiger partial charge in [0.15, 0.2) is 0 Å². The van der Waals surface area contributed by atoms with E-state index in [1.807, 2.05) is 0 Å². The van der Waals surface area contributed by atoms with Crippen molar-refractivity contribution < 1.29 is 18.0 Å². The number of rotatable bonds is 4. The van der Waals surface area contributed by atoms with Gasteiger partial charge in [-0.05, 0) is 33.1 Å². The maximum atomic E-state index is 12.9. The van der Waals surface area contributed by atoms with Crippen LogP contribution < -0.4 is 5.32 Å². The second-order valence-corrected chi connectivity index (χ2v) is 6.21. The van der Waals surface area contributed by atoms with E-state index < -0.39 is 23.9 Å². The van der Waals surface area contributed by atoms with Crippen molar-refractivity contribution in [3.05, 3.63) is 0 Å². The lowest BCUT2D eigenvalue weighted by Gasteiger charge is -2.32. The summed E-state index contributed by atoms with van der Waals surface area (Å²) in [6, 6.07) is -0.198. The summed E-state index contributed by atoms with van der Waals surface area (Å²) < 4.78 is 38.7. The second-order valence-electron chi connectivity index (χ2n) is 5.47. The SMILES string of the molecule is CC(Cl)CC(C)NC(=O)C1CCCCC1C(F)(F)F. The average molecular weight is 300 g/mol. The number of carbonyl (C=O) groups is 1. The van der Waals surface area contributed by atoms with Crippen molar-refractivity contribution in [2.75, 3.05) is 0 Å². The van der Waals surface area contributed by atoms with E-state index in [1.54, 1.807) is 13.8 Å². The van der Waals surface area contributed by atoms with Crippen molar-refractivity contribution in [3.63, 3.8) is 0 Å². The van der Waals surface area contributed by atoms with Gasteiger partial charge in [-0.1, -0.05) is 12.8 Å². The van der Waals surface area contributed by atoms with Gasteiger partial charge in [0.1, 0.15) is 0 Å². The van der Waals surface area contributed by atoms with Gasteiger partial charge in [0, 0.05) is 17.3 Å². The number of nitrogens with one attached hydrogen (secondary N) is 1. The lowest BCUT2D eigenvalue weighted by molar-refractivity contribution is -0.198. The lowest BCUT2D eigenvalue weighted by atomic mass is 9.78. The molecule has 19 heavy (non-hydrogen) atoms. The van der Waals surface area contributed by atoms with Crippen LogP contribution in [0.3, 0.4) is 0 Å². The zero-order chi connectivity index (χ0) is 14.6. The number of amides is 1. The quantitative estimate of drug-likeness (QED) is 0.784. The molecular formula is C13H21ClF3NO. The zero-order valence-corrected chi connectivity index (χ0v) is 12.0. The van der Waals surface area contributed by atoms with Crippen LogP contribution in [0.2, 0.25) is 0 Å². The summed E-state index contributed by atoms with van der Waals surface area (Å²) in [5.41, 5.74) is 0. The molecular weight excluding hydrogens is 279 g/mol. The number of carbonyl (C=O) groups excluding carboxylic acids is 1. The molecule has 1 saturated carbocycles. The summed E-state index contributed by atoms with van der Waals surface area (Å²) in [5.74, 6) is -2.92. The molecule has 0 aromatic carbocycles. The minimum absolute atomic E-state index is 0.0574. The fourth-order valence-corrected chi connectivity index (χ4v) is 3.00. The molecule has 4 unspecified atom stereocenters. The Balaban J connectivity index is 2.62. The van der Waals surface area contributed by atoms with Crippen LogP contribution in [0, 0.1) is 11.8 Å². The molecule has 0 heterocycles. The van der Waals surface area contributed by atoms with E-state index >= 15 is 0 Å². The lowest BCUT2D eigenvalue weighted by Crippen LogP contribution is -2.45. The Labute approximate surface area is 117 Å². The fraction of sp³-hybridized carbons (Fsp3) is 0.923. The van der Waals surface area contributed by atoms with E-state index in [-0.39, 0.29) is 17.8 Å². The maximum absolute atomic E-state index is 12.9. The van der Waals surface area contributed by atoms with Gasteiger partial charge in [-0.2, -0.15) is 13.2 Å². The molecule has 1 amide bonds. The molecule has 0 aliphatic heterocycles. The number of alkyl halides is 4. The Morgan fingerprint density at radius 3 is 2.42 bits per heavy atom. The summed E-state index contributed by atoms with van der Waals surface area (Å²) in [5, 5.41) is 2.55. The number of hydrogen-bond donors (Lipinski definition) is 1. The van der Waals surface area contributed by atoms with Gasteiger partial charge in [-0.3, -0.25) is 4.79 Å². The Morgan fingerprint density at radius 1 is 1.32 bits per heavy atom. The van der Waals surface area contributed by atoms with Crippen molar-refractivity contribution >= 4 is 17.5 Å². The van der Waals surface area contributed by atoms with Crippen LogP contribution in [0.15, 0.2) is 0 Å². The topological polar surface area (TPSA) is 29.1 Å². The predicted octanol–water partition coefficient (Wildman–Crippen LogP) is 3.88. The Hall–Kier alpha value is -0.450. The van der Waals surface area contributed by atoms with Gasteiger partial charge in [0.25, 0.3) is 0 Å². The van der Waals surface area contributed by atoms with Crippen molar-refractivity contribution in [2.45, 2.75) is 63.5 Å². The van der Waals surface area contributed by atoms with E-state index in [0.29, 0.717) is 25.7 Å². The van der Waals surface area contributed by atoms with Gasteiger partial charge < -0.3 is 5.32 Å². The normalized spacial score (nSPS) is 27.7. The van der Waals surface area contributed by atoms with Crippen LogP contribution in [-0.4, -0.2) is 23.5 Å². The molecule has 0 aromatic rings. The summed E-state index contributed by atoms with van der Waals surface area (Å²) in [6.45, 7) is 3.56. The van der Waals surface area contributed by atoms with Crippen LogP contribution in [-0.2, 0) is 4.79 Å². The summed E-state index contributed by atoms with van der Waals surface area (Å²) >= 11 is 5.81. The smallest absolute Gasteiger partial charge is 0.353 e. The first kappa shape index (κ1) is 16.6. The molecule has 0 spiro atoms. The van der Waals surface area contributed by atoms with Crippen LogP contribution >= 0.6 is 11.6 Å². The van der Waals surface area contributed by atoms with Crippen molar-refractivity contribution in [2.24, 2.45) is 11.8 Å². The molecule has 1 aliphatic carbocycles. The monoisotopic (exact) mass is 299 g/mol. The second kappa shape index (κ2) is 6.82. The van der Waals surface area contributed by atoms with E-state index in [1.165, 1.54) is 0 Å². The molecule has 112 valence electrons. The molecule has 4 atom stereocenters. The van der Waals surface area contributed by atoms with Gasteiger partial charge in [-0.25, -0.2) is 0 Å². The van der Waals surface area contributed by atoms with E-state index in [0.717, 1.165) is 0 Å². The van der Waals surface area contributed by atoms with Gasteiger partial charge in [0.05, 0.1) is 5.92 Å². The minimum atomic E-state index is -4.29. The standard InChI is InChI=1S/C13H21ClF3NO/c1-8(14)7-9(2)18-12(19)10-5-3-4-6-11(10)13(15,16)17/h8-11H,3-7H2,1-2H3,(H,18,19). The largest absolute Gasteiger partial charge is 0.392 e. The van der Waals surface area contributed by atoms with Crippen molar-refractivity contribution in [1.29, 1.82) is 0 Å². The molecule has 1 rings (SSSR count). The Bertz CT molecular complexity index is 307. The Morgan fingerprint density at radius 2 is 1.89 bits per heavy atom. The zero-order valence-electron chi connectivity index (χ0n) is 11.3. The summed E-state index contributed by atoms with van der Waals surface area (Å²) in [4.78, 5) is 12.0. The van der Waals surface area contributed by atoms with Crippen LogP contribution in [0.1, 0.15) is 46.0 Å². The molecule has 1 fully saturated rings. The van der Waals surface area contributed by atoms with Crippen molar-refractivity contribution in [3.8, 4) is 0 Å². The molecule has 0 bridgehead atoms. The number of hydrogen-bond acceptors (Lipinski definition) is 1. The average Bonchev–Trinajstić information content (AvgIpc) is 2.26. The van der Waals surface area contributed by atoms with Gasteiger partial charge >= 0.3 is 6.18 Å². The first-order valence-electron chi connectivity index (χ1n) is 6.73. The minimum Gasteiger partial charge on any atom is -0.353 e. The van der Waals surface area contributed by atoms with Gasteiger partial charge in [-0.15, -0.1) is 11.6 Å². The molecule has 0 aromatic heterocycles.